The fraction of sp³-hybridized carbons (Fsp3) is 1.00. The van der Waals surface area contributed by atoms with Gasteiger partial charge in [0.25, 0.3) is 0 Å². The van der Waals surface area contributed by atoms with Gasteiger partial charge in [-0.25, -0.2) is 0 Å². The molecule has 3 heteroatoms. The molecule has 1 heterocycles. The maximum Gasteiger partial charge on any atom is 0.0864 e. The normalized spacial score (nSPS) is 31.5. The molecule has 3 nitrogen and oxygen atoms in total. The van der Waals surface area contributed by atoms with E-state index in [-0.39, 0.29) is 11.7 Å². The van der Waals surface area contributed by atoms with E-state index in [2.05, 4.69) is 6.92 Å². The number of nitrogens with two attached hydrogens (primary N) is 1. The molecule has 1 rings (SSSR count). The Morgan fingerprint density at radius 1 is 1.58 bits per heavy atom. The topological polar surface area (TPSA) is 44.5 Å². The van der Waals surface area contributed by atoms with Crippen molar-refractivity contribution in [2.75, 3.05) is 19.8 Å². The third-order valence-electron chi connectivity index (χ3n) is 2.21. The Balaban J connectivity index is 2.46. The van der Waals surface area contributed by atoms with Crippen molar-refractivity contribution in [3.63, 3.8) is 0 Å². The molecule has 0 radical (unpaired) electrons. The van der Waals surface area contributed by atoms with Crippen LogP contribution in [0, 0.1) is 5.92 Å². The smallest absolute Gasteiger partial charge is 0.0864 e. The highest BCUT2D eigenvalue weighted by molar-refractivity contribution is 4.78. The average Bonchev–Trinajstić information content (AvgIpc) is 2.01. The van der Waals surface area contributed by atoms with Gasteiger partial charge in [0.05, 0.1) is 24.9 Å². The van der Waals surface area contributed by atoms with Gasteiger partial charge in [-0.1, -0.05) is 6.92 Å². The van der Waals surface area contributed by atoms with Crippen molar-refractivity contribution in [3.05, 3.63) is 0 Å². The zero-order valence-electron chi connectivity index (χ0n) is 8.17. The lowest BCUT2D eigenvalue weighted by molar-refractivity contribution is -0.195. The van der Waals surface area contributed by atoms with Crippen LogP contribution in [0.15, 0.2) is 0 Å². The second-order valence-corrected chi connectivity index (χ2v) is 4.14. The van der Waals surface area contributed by atoms with Crippen molar-refractivity contribution in [1.29, 1.82) is 0 Å². The van der Waals surface area contributed by atoms with Gasteiger partial charge in [0.1, 0.15) is 0 Å². The fourth-order valence-corrected chi connectivity index (χ4v) is 1.33. The van der Waals surface area contributed by atoms with Crippen molar-refractivity contribution < 1.29 is 9.47 Å². The lowest BCUT2D eigenvalue weighted by Gasteiger charge is -2.38. The van der Waals surface area contributed by atoms with Gasteiger partial charge in [0.2, 0.25) is 0 Å². The first-order valence-corrected chi connectivity index (χ1v) is 4.51. The number of ether oxygens (including phenoxy) is 2. The highest BCUT2D eigenvalue weighted by Crippen LogP contribution is 2.22. The lowest BCUT2D eigenvalue weighted by Crippen LogP contribution is -2.47. The van der Waals surface area contributed by atoms with E-state index in [4.69, 9.17) is 15.2 Å². The summed E-state index contributed by atoms with van der Waals surface area (Å²) in [7, 11) is 0. The Morgan fingerprint density at radius 3 is 2.75 bits per heavy atom. The van der Waals surface area contributed by atoms with Crippen LogP contribution in [0.4, 0.5) is 0 Å². The van der Waals surface area contributed by atoms with Gasteiger partial charge in [-0.2, -0.15) is 0 Å². The van der Waals surface area contributed by atoms with Crippen LogP contribution in [0.3, 0.4) is 0 Å². The van der Waals surface area contributed by atoms with Crippen LogP contribution >= 0.6 is 0 Å². The van der Waals surface area contributed by atoms with E-state index in [1.54, 1.807) is 0 Å². The second kappa shape index (κ2) is 3.73. The zero-order chi connectivity index (χ0) is 9.19. The van der Waals surface area contributed by atoms with Crippen LogP contribution in [0.2, 0.25) is 0 Å². The van der Waals surface area contributed by atoms with E-state index in [1.165, 1.54) is 0 Å². The summed E-state index contributed by atoms with van der Waals surface area (Å²) in [6.07, 6.45) is 0.166. The van der Waals surface area contributed by atoms with Crippen molar-refractivity contribution in [2.45, 2.75) is 32.5 Å². The zero-order valence-corrected chi connectivity index (χ0v) is 8.17. The largest absolute Gasteiger partial charge is 0.376 e. The molecule has 1 aliphatic heterocycles. The van der Waals surface area contributed by atoms with Crippen molar-refractivity contribution in [1.82, 2.24) is 0 Å². The van der Waals surface area contributed by atoms with E-state index in [0.717, 1.165) is 0 Å². The molecular weight excluding hydrogens is 154 g/mol. The number of hydrogen-bond acceptors (Lipinski definition) is 3. The molecule has 12 heavy (non-hydrogen) atoms. The molecule has 0 saturated carbocycles. The first kappa shape index (κ1) is 9.96. The summed E-state index contributed by atoms with van der Waals surface area (Å²) in [5.74, 6) is 0.379. The summed E-state index contributed by atoms with van der Waals surface area (Å²) in [6, 6.07) is 0. The molecular formula is C9H19NO2. The molecule has 1 fully saturated rings. The molecule has 0 spiro atoms. The molecule has 1 aliphatic rings. The van der Waals surface area contributed by atoms with Crippen molar-refractivity contribution in [3.8, 4) is 0 Å². The van der Waals surface area contributed by atoms with Gasteiger partial charge in [0, 0.05) is 0 Å². The SMILES string of the molecule is C[C@H](CN)C1COCC(C)(C)O1. The van der Waals surface area contributed by atoms with Crippen LogP contribution in [0.25, 0.3) is 0 Å². The van der Waals surface area contributed by atoms with Gasteiger partial charge in [-0.05, 0) is 26.3 Å². The quantitative estimate of drug-likeness (QED) is 0.671. The Bertz CT molecular complexity index is 147. The van der Waals surface area contributed by atoms with Gasteiger partial charge in [0.15, 0.2) is 0 Å². The van der Waals surface area contributed by atoms with Crippen LogP contribution in [-0.2, 0) is 9.47 Å². The minimum absolute atomic E-state index is 0.146. The van der Waals surface area contributed by atoms with E-state index >= 15 is 0 Å². The highest BCUT2D eigenvalue weighted by atomic mass is 16.6. The molecule has 0 bridgehead atoms. The van der Waals surface area contributed by atoms with E-state index in [1.807, 2.05) is 13.8 Å². The van der Waals surface area contributed by atoms with Crippen molar-refractivity contribution >= 4 is 0 Å². The standard InChI is InChI=1S/C9H19NO2/c1-7(4-10)8-5-11-6-9(2,3)12-8/h7-8H,4-6,10H2,1-3H3/t7-,8?/m1/s1. The lowest BCUT2D eigenvalue weighted by atomic mass is 10.0. The molecule has 2 atom stereocenters. The molecule has 0 amide bonds. The first-order chi connectivity index (χ1) is 5.55. The fourth-order valence-electron chi connectivity index (χ4n) is 1.33. The Morgan fingerprint density at radius 2 is 2.25 bits per heavy atom. The molecule has 2 N–H and O–H groups in total. The average molecular weight is 173 g/mol. The number of rotatable bonds is 2. The molecule has 0 aromatic rings. The summed E-state index contributed by atoms with van der Waals surface area (Å²) in [5, 5.41) is 0. The Labute approximate surface area is 74.2 Å². The third kappa shape index (κ3) is 2.44. The molecule has 0 aliphatic carbocycles. The van der Waals surface area contributed by atoms with E-state index in [9.17, 15) is 0 Å². The summed E-state index contributed by atoms with van der Waals surface area (Å²) in [6.45, 7) is 8.20. The van der Waals surface area contributed by atoms with Gasteiger partial charge in [-0.15, -0.1) is 0 Å². The van der Waals surface area contributed by atoms with Crippen LogP contribution in [0.5, 0.6) is 0 Å². The molecule has 72 valence electrons. The molecule has 0 aromatic carbocycles. The first-order valence-electron chi connectivity index (χ1n) is 4.51. The molecule has 1 unspecified atom stereocenters. The van der Waals surface area contributed by atoms with Crippen LogP contribution < -0.4 is 5.73 Å². The highest BCUT2D eigenvalue weighted by Gasteiger charge is 2.31. The minimum atomic E-state index is -0.146. The van der Waals surface area contributed by atoms with Crippen LogP contribution in [-0.4, -0.2) is 31.5 Å². The van der Waals surface area contributed by atoms with Gasteiger partial charge in [-0.3, -0.25) is 0 Å². The van der Waals surface area contributed by atoms with Crippen LogP contribution in [0.1, 0.15) is 20.8 Å². The van der Waals surface area contributed by atoms with Crippen molar-refractivity contribution in [2.24, 2.45) is 11.7 Å². The van der Waals surface area contributed by atoms with Gasteiger partial charge >= 0.3 is 0 Å². The maximum absolute atomic E-state index is 5.82. The summed E-state index contributed by atoms with van der Waals surface area (Å²) in [4.78, 5) is 0. The summed E-state index contributed by atoms with van der Waals surface area (Å²) < 4.78 is 11.3. The maximum atomic E-state index is 5.82. The summed E-state index contributed by atoms with van der Waals surface area (Å²) >= 11 is 0. The Hall–Kier alpha value is -0.120. The minimum Gasteiger partial charge on any atom is -0.376 e. The monoisotopic (exact) mass is 173 g/mol. The van der Waals surface area contributed by atoms with E-state index < -0.39 is 0 Å². The molecule has 0 aromatic heterocycles. The van der Waals surface area contributed by atoms with Gasteiger partial charge < -0.3 is 15.2 Å². The predicted molar refractivity (Wildman–Crippen MR) is 48.0 cm³/mol. The number of hydrogen-bond donors (Lipinski definition) is 1. The third-order valence-corrected chi connectivity index (χ3v) is 2.21. The van der Waals surface area contributed by atoms with E-state index in [0.29, 0.717) is 25.7 Å². The second-order valence-electron chi connectivity index (χ2n) is 4.14. The predicted octanol–water partition coefficient (Wildman–Crippen LogP) is 0.775. The summed E-state index contributed by atoms with van der Waals surface area (Å²) in [5.41, 5.74) is 5.41. The molecule has 1 saturated heterocycles. The Kier molecular flexibility index (Phi) is 3.09.